The van der Waals surface area contributed by atoms with E-state index in [4.69, 9.17) is 0 Å². The summed E-state index contributed by atoms with van der Waals surface area (Å²) in [5.74, 6) is 0.00830. The number of hydrogen-bond donors (Lipinski definition) is 1. The number of ketones is 1. The summed E-state index contributed by atoms with van der Waals surface area (Å²) in [7, 11) is -3.21. The fourth-order valence-electron chi connectivity index (χ4n) is 1.61. The summed E-state index contributed by atoms with van der Waals surface area (Å²) in [5.41, 5.74) is 0.634. The van der Waals surface area contributed by atoms with E-state index in [9.17, 15) is 13.2 Å². The van der Waals surface area contributed by atoms with E-state index in [0.29, 0.717) is 10.4 Å². The molecule has 0 aliphatic carbocycles. The van der Waals surface area contributed by atoms with E-state index in [1.807, 2.05) is 18.2 Å². The Morgan fingerprint density at radius 3 is 2.50 bits per heavy atom. The Morgan fingerprint density at radius 2 is 1.85 bits per heavy atom. The van der Waals surface area contributed by atoms with Crippen LogP contribution < -0.4 is 4.72 Å². The van der Waals surface area contributed by atoms with Crippen LogP contribution in [0.25, 0.3) is 0 Å². The summed E-state index contributed by atoms with van der Waals surface area (Å²) < 4.78 is 25.2. The number of nitrogens with one attached hydrogen (secondary N) is 1. The molecule has 4 nitrogen and oxygen atoms in total. The SMILES string of the molecule is CCS(=O)(=O)NCc1ccc(C(=O)c2ccccc2)s1. The number of benzene rings is 1. The molecule has 1 aromatic carbocycles. The number of thiophene rings is 1. The van der Waals surface area contributed by atoms with Crippen LogP contribution in [0.15, 0.2) is 42.5 Å². The van der Waals surface area contributed by atoms with E-state index in [0.717, 1.165) is 4.88 Å². The van der Waals surface area contributed by atoms with Crippen LogP contribution in [0.5, 0.6) is 0 Å². The van der Waals surface area contributed by atoms with Crippen molar-refractivity contribution in [2.45, 2.75) is 13.5 Å². The zero-order valence-corrected chi connectivity index (χ0v) is 12.6. The summed E-state index contributed by atoms with van der Waals surface area (Å²) >= 11 is 1.31. The molecule has 0 fully saturated rings. The van der Waals surface area contributed by atoms with E-state index >= 15 is 0 Å². The first-order valence-electron chi connectivity index (χ1n) is 6.17. The molecule has 0 radical (unpaired) electrons. The third-order valence-electron chi connectivity index (χ3n) is 2.77. The highest BCUT2D eigenvalue weighted by molar-refractivity contribution is 7.89. The molecule has 1 heterocycles. The number of carbonyl (C=O) groups excluding carboxylic acids is 1. The van der Waals surface area contributed by atoms with Crippen LogP contribution in [0.2, 0.25) is 0 Å². The van der Waals surface area contributed by atoms with Crippen molar-refractivity contribution in [3.05, 3.63) is 57.8 Å². The largest absolute Gasteiger partial charge is 0.288 e. The first-order valence-corrected chi connectivity index (χ1v) is 8.64. The summed E-state index contributed by atoms with van der Waals surface area (Å²) in [6.07, 6.45) is 0. The molecule has 2 aromatic rings. The zero-order valence-electron chi connectivity index (χ0n) is 11.0. The molecule has 0 bridgehead atoms. The predicted octanol–water partition coefficient (Wildman–Crippen LogP) is 2.42. The van der Waals surface area contributed by atoms with Crippen LogP contribution in [0.1, 0.15) is 27.0 Å². The van der Waals surface area contributed by atoms with E-state index in [-0.39, 0.29) is 18.1 Å². The molecule has 1 N–H and O–H groups in total. The molecule has 1 aromatic heterocycles. The maximum atomic E-state index is 12.2. The number of rotatable bonds is 6. The van der Waals surface area contributed by atoms with Gasteiger partial charge in [-0.25, -0.2) is 13.1 Å². The Morgan fingerprint density at radius 1 is 1.15 bits per heavy atom. The van der Waals surface area contributed by atoms with Crippen molar-refractivity contribution >= 4 is 27.1 Å². The van der Waals surface area contributed by atoms with Gasteiger partial charge in [0.15, 0.2) is 0 Å². The molecule has 6 heteroatoms. The van der Waals surface area contributed by atoms with Gasteiger partial charge in [0.2, 0.25) is 15.8 Å². The van der Waals surface area contributed by atoms with Crippen molar-refractivity contribution < 1.29 is 13.2 Å². The van der Waals surface area contributed by atoms with Gasteiger partial charge in [-0.2, -0.15) is 0 Å². The fourth-order valence-corrected chi connectivity index (χ4v) is 3.19. The van der Waals surface area contributed by atoms with Crippen molar-refractivity contribution in [2.24, 2.45) is 0 Å². The van der Waals surface area contributed by atoms with Crippen LogP contribution >= 0.6 is 11.3 Å². The van der Waals surface area contributed by atoms with Gasteiger partial charge in [0, 0.05) is 17.0 Å². The van der Waals surface area contributed by atoms with Crippen LogP contribution in [-0.2, 0) is 16.6 Å². The molecule has 0 saturated heterocycles. The minimum atomic E-state index is -3.21. The quantitative estimate of drug-likeness (QED) is 0.834. The topological polar surface area (TPSA) is 63.2 Å². The van der Waals surface area contributed by atoms with Gasteiger partial charge in [-0.1, -0.05) is 30.3 Å². The monoisotopic (exact) mass is 309 g/mol. The predicted molar refractivity (Wildman–Crippen MR) is 80.5 cm³/mol. The molecular formula is C14H15NO3S2. The van der Waals surface area contributed by atoms with Crippen molar-refractivity contribution in [3.8, 4) is 0 Å². The van der Waals surface area contributed by atoms with Gasteiger partial charge in [0.25, 0.3) is 0 Å². The lowest BCUT2D eigenvalue weighted by molar-refractivity contribution is 0.104. The summed E-state index contributed by atoms with van der Waals surface area (Å²) in [6.45, 7) is 1.81. The molecule has 0 amide bonds. The molecular weight excluding hydrogens is 294 g/mol. The summed E-state index contributed by atoms with van der Waals surface area (Å²) in [5, 5.41) is 0. The Kier molecular flexibility index (Phi) is 4.69. The smallest absolute Gasteiger partial charge is 0.211 e. The molecule has 0 saturated carbocycles. The molecule has 0 aliphatic heterocycles. The highest BCUT2D eigenvalue weighted by atomic mass is 32.2. The standard InChI is InChI=1S/C14H15NO3S2/c1-2-20(17,18)15-10-12-8-9-13(19-12)14(16)11-6-4-3-5-7-11/h3-9,15H,2,10H2,1H3. The van der Waals surface area contributed by atoms with E-state index in [2.05, 4.69) is 4.72 Å². The molecule has 0 aliphatic rings. The maximum Gasteiger partial charge on any atom is 0.211 e. The number of sulfonamides is 1. The summed E-state index contributed by atoms with van der Waals surface area (Å²) in [6, 6.07) is 12.5. The third kappa shape index (κ3) is 3.75. The summed E-state index contributed by atoms with van der Waals surface area (Å²) in [4.78, 5) is 13.6. The second-order valence-electron chi connectivity index (χ2n) is 4.19. The Hall–Kier alpha value is -1.50. The second-order valence-corrected chi connectivity index (χ2v) is 7.45. The number of carbonyl (C=O) groups is 1. The van der Waals surface area contributed by atoms with Crippen LogP contribution in [0, 0.1) is 0 Å². The van der Waals surface area contributed by atoms with E-state index < -0.39 is 10.0 Å². The average molecular weight is 309 g/mol. The van der Waals surface area contributed by atoms with Crippen LogP contribution in [-0.4, -0.2) is 20.0 Å². The first kappa shape index (κ1) is 14.9. The second kappa shape index (κ2) is 6.30. The lowest BCUT2D eigenvalue weighted by Gasteiger charge is -2.01. The Bertz CT molecular complexity index is 690. The molecule has 2 rings (SSSR count). The van der Waals surface area contributed by atoms with Crippen LogP contribution in [0.4, 0.5) is 0 Å². The van der Waals surface area contributed by atoms with Crippen LogP contribution in [0.3, 0.4) is 0 Å². The van der Waals surface area contributed by atoms with Gasteiger partial charge in [0.1, 0.15) is 0 Å². The van der Waals surface area contributed by atoms with Crippen molar-refractivity contribution in [3.63, 3.8) is 0 Å². The molecule has 0 unspecified atom stereocenters. The highest BCUT2D eigenvalue weighted by Crippen LogP contribution is 2.20. The maximum absolute atomic E-state index is 12.2. The van der Waals surface area contributed by atoms with Gasteiger partial charge < -0.3 is 0 Å². The van der Waals surface area contributed by atoms with Gasteiger partial charge >= 0.3 is 0 Å². The minimum absolute atomic E-state index is 0.0415. The molecule has 106 valence electrons. The van der Waals surface area contributed by atoms with Crippen molar-refractivity contribution in [2.75, 3.05) is 5.75 Å². The Balaban J connectivity index is 2.08. The normalized spacial score (nSPS) is 11.4. The average Bonchev–Trinajstić information content (AvgIpc) is 2.94. The third-order valence-corrected chi connectivity index (χ3v) is 5.20. The van der Waals surface area contributed by atoms with E-state index in [1.54, 1.807) is 31.2 Å². The molecule has 0 atom stereocenters. The van der Waals surface area contributed by atoms with Crippen molar-refractivity contribution in [1.82, 2.24) is 4.72 Å². The Labute approximate surface area is 122 Å². The number of hydrogen-bond acceptors (Lipinski definition) is 4. The fraction of sp³-hybridized carbons (Fsp3) is 0.214. The zero-order chi connectivity index (χ0) is 14.6. The highest BCUT2D eigenvalue weighted by Gasteiger charge is 2.12. The van der Waals surface area contributed by atoms with Gasteiger partial charge in [-0.15, -0.1) is 11.3 Å². The van der Waals surface area contributed by atoms with Crippen molar-refractivity contribution in [1.29, 1.82) is 0 Å². The molecule has 20 heavy (non-hydrogen) atoms. The molecule has 0 spiro atoms. The van der Waals surface area contributed by atoms with Gasteiger partial charge in [0.05, 0.1) is 10.6 Å². The van der Waals surface area contributed by atoms with E-state index in [1.165, 1.54) is 11.3 Å². The minimum Gasteiger partial charge on any atom is -0.288 e. The first-order chi connectivity index (χ1) is 9.52. The van der Waals surface area contributed by atoms with Gasteiger partial charge in [-0.05, 0) is 19.1 Å². The lowest BCUT2D eigenvalue weighted by Crippen LogP contribution is -2.24. The van der Waals surface area contributed by atoms with Gasteiger partial charge in [-0.3, -0.25) is 4.79 Å². The lowest BCUT2D eigenvalue weighted by atomic mass is 10.1.